The monoisotopic (exact) mass is 364 g/mol. The minimum absolute atomic E-state index is 0.0308. The summed E-state index contributed by atoms with van der Waals surface area (Å²) in [7, 11) is 3.82. The normalized spacial score (nSPS) is 16.4. The fourth-order valence-electron chi connectivity index (χ4n) is 3.32. The number of ketones is 1. The summed E-state index contributed by atoms with van der Waals surface area (Å²) in [6.07, 6.45) is 4.68. The van der Waals surface area contributed by atoms with E-state index in [1.54, 1.807) is 13.2 Å². The minimum atomic E-state index is 0.0308. The molecule has 1 fully saturated rings. The van der Waals surface area contributed by atoms with Gasteiger partial charge in [-0.3, -0.25) is 9.69 Å². The fourth-order valence-corrected chi connectivity index (χ4v) is 3.32. The van der Waals surface area contributed by atoms with Gasteiger partial charge in [-0.25, -0.2) is 0 Å². The number of carbonyl (C=O) groups is 1. The zero-order valence-electron chi connectivity index (χ0n) is 16.2. The van der Waals surface area contributed by atoms with Gasteiger partial charge < -0.3 is 9.64 Å². The van der Waals surface area contributed by atoms with Crippen molar-refractivity contribution in [3.8, 4) is 5.75 Å². The summed E-state index contributed by atoms with van der Waals surface area (Å²) in [4.78, 5) is 17.4. The molecule has 0 atom stereocenters. The van der Waals surface area contributed by atoms with Crippen molar-refractivity contribution in [2.45, 2.75) is 13.0 Å². The number of rotatable bonds is 6. The van der Waals surface area contributed by atoms with Crippen LogP contribution in [0.3, 0.4) is 0 Å². The van der Waals surface area contributed by atoms with Crippen molar-refractivity contribution in [1.82, 2.24) is 9.80 Å². The average Bonchev–Trinajstić information content (AvgIpc) is 2.91. The lowest BCUT2D eigenvalue weighted by atomic mass is 10.1. The van der Waals surface area contributed by atoms with Gasteiger partial charge >= 0.3 is 0 Å². The second-order valence-electron chi connectivity index (χ2n) is 7.10. The van der Waals surface area contributed by atoms with Gasteiger partial charge in [-0.1, -0.05) is 36.4 Å². The van der Waals surface area contributed by atoms with Crippen LogP contribution in [0.25, 0.3) is 6.08 Å². The Morgan fingerprint density at radius 1 is 1.07 bits per heavy atom. The zero-order chi connectivity index (χ0) is 19.1. The molecule has 142 valence electrons. The molecule has 0 radical (unpaired) electrons. The highest BCUT2D eigenvalue weighted by atomic mass is 16.5. The van der Waals surface area contributed by atoms with E-state index < -0.39 is 0 Å². The second kappa shape index (κ2) is 9.49. The van der Waals surface area contributed by atoms with Crippen molar-refractivity contribution in [3.63, 3.8) is 0 Å². The third kappa shape index (κ3) is 5.78. The predicted molar refractivity (Wildman–Crippen MR) is 110 cm³/mol. The highest BCUT2D eigenvalue weighted by Crippen LogP contribution is 2.14. The molecule has 2 aromatic rings. The van der Waals surface area contributed by atoms with Crippen molar-refractivity contribution in [2.75, 3.05) is 40.3 Å². The Balaban J connectivity index is 1.63. The van der Waals surface area contributed by atoms with Crippen LogP contribution < -0.4 is 4.74 Å². The molecule has 4 heteroatoms. The largest absolute Gasteiger partial charge is 0.497 e. The number of hydrogen-bond donors (Lipinski definition) is 0. The van der Waals surface area contributed by atoms with Gasteiger partial charge in [-0.05, 0) is 62.0 Å². The first-order valence-corrected chi connectivity index (χ1v) is 9.50. The molecule has 1 aliphatic rings. The topological polar surface area (TPSA) is 32.8 Å². The number of ether oxygens (including phenoxy) is 1. The lowest BCUT2D eigenvalue weighted by Gasteiger charge is -2.20. The number of methoxy groups -OCH3 is 1. The highest BCUT2D eigenvalue weighted by Gasteiger charge is 2.13. The molecule has 2 aromatic carbocycles. The molecule has 1 saturated heterocycles. The van der Waals surface area contributed by atoms with E-state index in [1.807, 2.05) is 48.5 Å². The number of likely N-dealkylation sites (N-methyl/N-ethyl adjacent to an activating group) is 1. The van der Waals surface area contributed by atoms with Crippen molar-refractivity contribution in [3.05, 3.63) is 71.3 Å². The molecule has 0 aromatic heterocycles. The minimum Gasteiger partial charge on any atom is -0.497 e. The molecule has 0 bridgehead atoms. The van der Waals surface area contributed by atoms with Crippen LogP contribution in [0.5, 0.6) is 5.75 Å². The predicted octanol–water partition coefficient (Wildman–Crippen LogP) is 3.73. The maximum atomic E-state index is 12.6. The van der Waals surface area contributed by atoms with E-state index >= 15 is 0 Å². The molecular formula is C23H28N2O2. The molecule has 0 unspecified atom stereocenters. The van der Waals surface area contributed by atoms with E-state index in [1.165, 1.54) is 12.0 Å². The van der Waals surface area contributed by atoms with Gasteiger partial charge in [-0.15, -0.1) is 0 Å². The lowest BCUT2D eigenvalue weighted by Crippen LogP contribution is -2.28. The van der Waals surface area contributed by atoms with E-state index in [4.69, 9.17) is 4.74 Å². The highest BCUT2D eigenvalue weighted by molar-refractivity contribution is 6.06. The van der Waals surface area contributed by atoms with Crippen LogP contribution in [-0.2, 0) is 6.54 Å². The Kier molecular flexibility index (Phi) is 6.80. The summed E-state index contributed by atoms with van der Waals surface area (Å²) < 4.78 is 5.16. The van der Waals surface area contributed by atoms with Crippen LogP contribution in [0.2, 0.25) is 0 Å². The Morgan fingerprint density at radius 2 is 1.89 bits per heavy atom. The second-order valence-corrected chi connectivity index (χ2v) is 7.10. The molecule has 1 aliphatic heterocycles. The third-order valence-electron chi connectivity index (χ3n) is 4.97. The standard InChI is InChI=1S/C23H28N2O2/c1-24-13-4-14-25(16-15-24)18-20-5-3-6-21(17-20)23(26)12-9-19-7-10-22(27-2)11-8-19/h3,5-12,17H,4,13-16,18H2,1-2H3. The Labute approximate surface area is 162 Å². The smallest absolute Gasteiger partial charge is 0.185 e. The van der Waals surface area contributed by atoms with Crippen LogP contribution in [0, 0.1) is 0 Å². The Bertz CT molecular complexity index is 783. The zero-order valence-corrected chi connectivity index (χ0v) is 16.2. The van der Waals surface area contributed by atoms with Crippen LogP contribution >= 0.6 is 0 Å². The summed E-state index contributed by atoms with van der Waals surface area (Å²) in [5.41, 5.74) is 2.92. The summed E-state index contributed by atoms with van der Waals surface area (Å²) in [6, 6.07) is 15.7. The van der Waals surface area contributed by atoms with Gasteiger partial charge in [0.1, 0.15) is 5.75 Å². The van der Waals surface area contributed by atoms with Crippen LogP contribution in [0.1, 0.15) is 27.9 Å². The molecule has 4 nitrogen and oxygen atoms in total. The van der Waals surface area contributed by atoms with Gasteiger partial charge in [0.25, 0.3) is 0 Å². The molecule has 0 N–H and O–H groups in total. The first kappa shape index (κ1) is 19.3. The molecule has 0 aliphatic carbocycles. The first-order chi connectivity index (χ1) is 13.1. The fraction of sp³-hybridized carbons (Fsp3) is 0.348. The lowest BCUT2D eigenvalue weighted by molar-refractivity contribution is 0.104. The average molecular weight is 364 g/mol. The molecule has 3 rings (SSSR count). The number of carbonyl (C=O) groups excluding carboxylic acids is 1. The SMILES string of the molecule is COc1ccc(C=CC(=O)c2cccc(CN3CCCN(C)CC3)c2)cc1. The van der Waals surface area contributed by atoms with Crippen LogP contribution in [0.4, 0.5) is 0 Å². The van der Waals surface area contributed by atoms with Gasteiger partial charge in [0, 0.05) is 25.2 Å². The van der Waals surface area contributed by atoms with E-state index in [0.717, 1.165) is 49.6 Å². The number of benzene rings is 2. The summed E-state index contributed by atoms with van der Waals surface area (Å²) in [6.45, 7) is 5.34. The van der Waals surface area contributed by atoms with E-state index in [0.29, 0.717) is 0 Å². The Morgan fingerprint density at radius 3 is 2.67 bits per heavy atom. The van der Waals surface area contributed by atoms with Crippen LogP contribution in [-0.4, -0.2) is 55.9 Å². The van der Waals surface area contributed by atoms with Gasteiger partial charge in [0.05, 0.1) is 7.11 Å². The van der Waals surface area contributed by atoms with Gasteiger partial charge in [0.2, 0.25) is 0 Å². The van der Waals surface area contributed by atoms with Crippen molar-refractivity contribution >= 4 is 11.9 Å². The summed E-state index contributed by atoms with van der Waals surface area (Å²) in [5, 5.41) is 0. The van der Waals surface area contributed by atoms with E-state index in [-0.39, 0.29) is 5.78 Å². The van der Waals surface area contributed by atoms with Crippen molar-refractivity contribution in [2.24, 2.45) is 0 Å². The molecule has 0 spiro atoms. The van der Waals surface area contributed by atoms with Crippen molar-refractivity contribution < 1.29 is 9.53 Å². The summed E-state index contributed by atoms with van der Waals surface area (Å²) in [5.74, 6) is 0.842. The van der Waals surface area contributed by atoms with E-state index in [9.17, 15) is 4.79 Å². The van der Waals surface area contributed by atoms with Gasteiger partial charge in [0.15, 0.2) is 5.78 Å². The number of hydrogen-bond acceptors (Lipinski definition) is 4. The summed E-state index contributed by atoms with van der Waals surface area (Å²) >= 11 is 0. The third-order valence-corrected chi connectivity index (χ3v) is 4.97. The molecule has 27 heavy (non-hydrogen) atoms. The number of allylic oxidation sites excluding steroid dienone is 1. The van der Waals surface area contributed by atoms with E-state index in [2.05, 4.69) is 22.9 Å². The first-order valence-electron chi connectivity index (χ1n) is 9.50. The molecular weight excluding hydrogens is 336 g/mol. The number of nitrogens with zero attached hydrogens (tertiary/aromatic N) is 2. The molecule has 0 saturated carbocycles. The van der Waals surface area contributed by atoms with Gasteiger partial charge in [-0.2, -0.15) is 0 Å². The Hall–Kier alpha value is -2.43. The molecule has 1 heterocycles. The van der Waals surface area contributed by atoms with Crippen molar-refractivity contribution in [1.29, 1.82) is 0 Å². The quantitative estimate of drug-likeness (QED) is 0.578. The maximum Gasteiger partial charge on any atom is 0.185 e. The van der Waals surface area contributed by atoms with Crippen LogP contribution in [0.15, 0.2) is 54.6 Å². The maximum absolute atomic E-state index is 12.6. The molecule has 0 amide bonds.